The zero-order chi connectivity index (χ0) is 32.4. The number of allylic oxidation sites excluding steroid dienone is 1. The molecule has 5 aromatic rings. The second-order valence-corrected chi connectivity index (χ2v) is 11.3. The molecule has 11 heteroatoms. The van der Waals surface area contributed by atoms with E-state index in [9.17, 15) is 14.4 Å². The number of aromatic nitrogens is 1. The van der Waals surface area contributed by atoms with Crippen LogP contribution in [0.15, 0.2) is 110 Å². The minimum absolute atomic E-state index is 0.297. The lowest BCUT2D eigenvalue weighted by Crippen LogP contribution is -2.40. The van der Waals surface area contributed by atoms with Gasteiger partial charge in [0, 0.05) is 29.0 Å². The number of nitrogens with zero attached hydrogens (tertiary/aromatic N) is 2. The van der Waals surface area contributed by atoms with Crippen molar-refractivity contribution in [3.05, 3.63) is 133 Å². The Morgan fingerprint density at radius 3 is 2.46 bits per heavy atom. The van der Waals surface area contributed by atoms with Gasteiger partial charge in [-0.2, -0.15) is 0 Å². The fourth-order valence-electron chi connectivity index (χ4n) is 5.36. The number of methoxy groups -OCH3 is 3. The lowest BCUT2D eigenvalue weighted by atomic mass is 9.94. The Labute approximate surface area is 267 Å². The molecule has 2 aromatic heterocycles. The minimum Gasteiger partial charge on any atom is -0.497 e. The van der Waals surface area contributed by atoms with Crippen LogP contribution >= 0.6 is 11.3 Å². The molecule has 232 valence electrons. The molecular formula is C35H29N3O7S. The zero-order valence-corrected chi connectivity index (χ0v) is 26.2. The van der Waals surface area contributed by atoms with E-state index in [4.69, 9.17) is 23.6 Å². The lowest BCUT2D eigenvalue weighted by Gasteiger charge is -2.26. The Balaban J connectivity index is 1.48. The summed E-state index contributed by atoms with van der Waals surface area (Å²) in [6.07, 6.45) is 1.62. The van der Waals surface area contributed by atoms with Gasteiger partial charge < -0.3 is 23.9 Å². The number of rotatable bonds is 8. The maximum absolute atomic E-state index is 14.2. The zero-order valence-electron chi connectivity index (χ0n) is 25.4. The van der Waals surface area contributed by atoms with E-state index < -0.39 is 17.9 Å². The van der Waals surface area contributed by atoms with Crippen molar-refractivity contribution < 1.29 is 28.2 Å². The number of carbonyl (C=O) groups is 2. The second kappa shape index (κ2) is 12.7. The van der Waals surface area contributed by atoms with Gasteiger partial charge in [0.2, 0.25) is 0 Å². The number of furan rings is 1. The van der Waals surface area contributed by atoms with Crippen molar-refractivity contribution in [1.82, 2.24) is 4.57 Å². The van der Waals surface area contributed by atoms with E-state index in [1.54, 1.807) is 86.8 Å². The fraction of sp³-hybridized carbons (Fsp3) is 0.143. The van der Waals surface area contributed by atoms with Crippen LogP contribution in [0, 0.1) is 0 Å². The number of thiazole rings is 1. The monoisotopic (exact) mass is 635 g/mol. The molecular weight excluding hydrogens is 606 g/mol. The molecule has 0 bridgehead atoms. The van der Waals surface area contributed by atoms with E-state index in [-0.39, 0.29) is 5.56 Å². The Bertz CT molecular complexity index is 2180. The van der Waals surface area contributed by atoms with E-state index in [0.29, 0.717) is 66.0 Å². The Morgan fingerprint density at radius 1 is 0.957 bits per heavy atom. The van der Waals surface area contributed by atoms with Crippen LogP contribution in [0.3, 0.4) is 0 Å². The summed E-state index contributed by atoms with van der Waals surface area (Å²) in [5.41, 5.74) is 2.50. The average molecular weight is 636 g/mol. The van der Waals surface area contributed by atoms with E-state index >= 15 is 0 Å². The number of anilines is 1. The Hall–Kier alpha value is -5.68. The molecule has 1 aliphatic rings. The van der Waals surface area contributed by atoms with Crippen molar-refractivity contribution in [1.29, 1.82) is 0 Å². The molecule has 0 spiro atoms. The first-order valence-electron chi connectivity index (χ1n) is 14.2. The molecule has 0 saturated carbocycles. The van der Waals surface area contributed by atoms with E-state index in [2.05, 4.69) is 5.32 Å². The third-order valence-corrected chi connectivity index (χ3v) is 8.51. The fourth-order valence-corrected chi connectivity index (χ4v) is 6.39. The number of hydrogen-bond acceptors (Lipinski definition) is 9. The van der Waals surface area contributed by atoms with Crippen molar-refractivity contribution in [2.24, 2.45) is 4.99 Å². The molecule has 1 atom stereocenters. The molecule has 6 rings (SSSR count). The maximum atomic E-state index is 14.2. The molecule has 0 fully saturated rings. The number of fused-ring (bicyclic) bond motifs is 1. The molecule has 1 amide bonds. The first-order chi connectivity index (χ1) is 22.3. The standard InChI is InChI=1S/C35H29N3O7S/c1-20-30(32(39)37-21-10-6-5-7-11-21)31(26-16-14-22(42-2)18-28(26)43-3)38-33(40)29(46-35(38)36-20)19-23-15-17-27(45-23)24-12-8-9-13-25(24)34(41)44-4/h5-19,31H,1-4H3,(H,37,39)/b29-19+/t31-/m0/s1. The van der Waals surface area contributed by atoms with Crippen LogP contribution in [0.2, 0.25) is 0 Å². The summed E-state index contributed by atoms with van der Waals surface area (Å²) in [5, 5.41) is 2.94. The molecule has 10 nitrogen and oxygen atoms in total. The molecule has 3 aromatic carbocycles. The summed E-state index contributed by atoms with van der Waals surface area (Å²) in [4.78, 5) is 45.5. The SMILES string of the molecule is COC(=O)c1ccccc1-c1ccc(/C=c2/sc3n(c2=O)[C@@H](c2ccc(OC)cc2OC)C(C(=O)Nc2ccccc2)=C(C)N=3)o1. The van der Waals surface area contributed by atoms with Gasteiger partial charge in [-0.15, -0.1) is 0 Å². The predicted octanol–water partition coefficient (Wildman–Crippen LogP) is 4.94. The number of nitrogens with one attached hydrogen (secondary N) is 1. The highest BCUT2D eigenvalue weighted by Gasteiger charge is 2.34. The summed E-state index contributed by atoms with van der Waals surface area (Å²) in [7, 11) is 4.39. The number of esters is 1. The van der Waals surface area contributed by atoms with Gasteiger partial charge in [-0.1, -0.05) is 47.7 Å². The molecule has 3 heterocycles. The molecule has 0 unspecified atom stereocenters. The van der Waals surface area contributed by atoms with Gasteiger partial charge in [-0.3, -0.25) is 14.2 Å². The Morgan fingerprint density at radius 2 is 1.72 bits per heavy atom. The van der Waals surface area contributed by atoms with Crippen LogP contribution in [-0.4, -0.2) is 37.8 Å². The predicted molar refractivity (Wildman–Crippen MR) is 174 cm³/mol. The van der Waals surface area contributed by atoms with Crippen molar-refractivity contribution in [3.63, 3.8) is 0 Å². The van der Waals surface area contributed by atoms with Crippen molar-refractivity contribution in [2.75, 3.05) is 26.6 Å². The van der Waals surface area contributed by atoms with Crippen molar-refractivity contribution in [3.8, 4) is 22.8 Å². The maximum Gasteiger partial charge on any atom is 0.338 e. The molecule has 0 saturated heterocycles. The van der Waals surface area contributed by atoms with Crippen LogP contribution in [0.25, 0.3) is 17.4 Å². The molecule has 0 radical (unpaired) electrons. The molecule has 1 aliphatic heterocycles. The summed E-state index contributed by atoms with van der Waals surface area (Å²) < 4.78 is 24.0. The molecule has 46 heavy (non-hydrogen) atoms. The summed E-state index contributed by atoms with van der Waals surface area (Å²) in [6, 6.07) is 23.9. The molecule has 1 N–H and O–H groups in total. The van der Waals surface area contributed by atoms with Crippen LogP contribution < -0.4 is 29.7 Å². The normalized spacial score (nSPS) is 14.3. The van der Waals surface area contributed by atoms with Gasteiger partial charge in [0.25, 0.3) is 11.5 Å². The van der Waals surface area contributed by atoms with Crippen LogP contribution in [-0.2, 0) is 9.53 Å². The number of benzene rings is 3. The van der Waals surface area contributed by atoms with Gasteiger partial charge in [0.1, 0.15) is 29.1 Å². The van der Waals surface area contributed by atoms with Crippen LogP contribution in [0.5, 0.6) is 11.5 Å². The summed E-state index contributed by atoms with van der Waals surface area (Å²) in [6.45, 7) is 1.75. The van der Waals surface area contributed by atoms with E-state index in [1.807, 2.05) is 18.2 Å². The van der Waals surface area contributed by atoms with Gasteiger partial charge in [-0.05, 0) is 49.4 Å². The third kappa shape index (κ3) is 5.64. The smallest absolute Gasteiger partial charge is 0.338 e. The van der Waals surface area contributed by atoms with Gasteiger partial charge in [0.15, 0.2) is 4.80 Å². The Kier molecular flexibility index (Phi) is 8.41. The highest BCUT2D eigenvalue weighted by atomic mass is 32.1. The van der Waals surface area contributed by atoms with Crippen molar-refractivity contribution >= 4 is 35.0 Å². The average Bonchev–Trinajstić information content (AvgIpc) is 3.67. The topological polar surface area (TPSA) is 121 Å². The number of ether oxygens (including phenoxy) is 3. The highest BCUT2D eigenvalue weighted by molar-refractivity contribution is 7.07. The number of amides is 1. The van der Waals surface area contributed by atoms with Gasteiger partial charge in [0.05, 0.1) is 42.7 Å². The van der Waals surface area contributed by atoms with Crippen LogP contribution in [0.1, 0.15) is 34.6 Å². The van der Waals surface area contributed by atoms with Crippen molar-refractivity contribution in [2.45, 2.75) is 13.0 Å². The quantitative estimate of drug-likeness (QED) is 0.240. The number of hydrogen-bond donors (Lipinski definition) is 1. The number of para-hydroxylation sites is 1. The first kappa shape index (κ1) is 30.4. The van der Waals surface area contributed by atoms with E-state index in [0.717, 1.165) is 0 Å². The largest absolute Gasteiger partial charge is 0.497 e. The number of carbonyl (C=O) groups excluding carboxylic acids is 2. The van der Waals surface area contributed by atoms with Gasteiger partial charge >= 0.3 is 5.97 Å². The lowest BCUT2D eigenvalue weighted by molar-refractivity contribution is -0.113. The third-order valence-electron chi connectivity index (χ3n) is 7.53. The minimum atomic E-state index is -0.859. The summed E-state index contributed by atoms with van der Waals surface area (Å²) >= 11 is 1.18. The van der Waals surface area contributed by atoms with Crippen LogP contribution in [0.4, 0.5) is 5.69 Å². The van der Waals surface area contributed by atoms with Gasteiger partial charge in [-0.25, -0.2) is 9.79 Å². The molecule has 0 aliphatic carbocycles. The second-order valence-electron chi connectivity index (χ2n) is 10.2. The van der Waals surface area contributed by atoms with E-state index in [1.165, 1.54) is 30.1 Å². The summed E-state index contributed by atoms with van der Waals surface area (Å²) in [5.74, 6) is 0.959. The first-order valence-corrected chi connectivity index (χ1v) is 15.0. The highest BCUT2D eigenvalue weighted by Crippen LogP contribution is 2.37.